The summed E-state index contributed by atoms with van der Waals surface area (Å²) in [4.78, 5) is 26.9. The van der Waals surface area contributed by atoms with Crippen LogP contribution in [-0.2, 0) is 16.1 Å². The molecule has 0 radical (unpaired) electrons. The van der Waals surface area contributed by atoms with E-state index in [1.54, 1.807) is 11.8 Å². The number of anilines is 1. The third-order valence-electron chi connectivity index (χ3n) is 4.23. The number of nitrogens with one attached hydrogen (secondary N) is 2. The molecule has 1 saturated heterocycles. The van der Waals surface area contributed by atoms with Crippen molar-refractivity contribution in [3.63, 3.8) is 0 Å². The number of nitrogens with zero attached hydrogens (tertiary/aromatic N) is 1. The SMILES string of the molecule is CC(Sc1ccccc1)C(=O)NCc1ccc(N2CCNC(=O)C2)cc1. The molecule has 1 fully saturated rings. The summed E-state index contributed by atoms with van der Waals surface area (Å²) in [5.41, 5.74) is 2.07. The quantitative estimate of drug-likeness (QED) is 0.768. The van der Waals surface area contributed by atoms with Gasteiger partial charge in [0.05, 0.1) is 11.8 Å². The van der Waals surface area contributed by atoms with E-state index in [9.17, 15) is 9.59 Å². The highest BCUT2D eigenvalue weighted by Crippen LogP contribution is 2.22. The van der Waals surface area contributed by atoms with Crippen LogP contribution in [0.3, 0.4) is 0 Å². The smallest absolute Gasteiger partial charge is 0.239 e. The Labute approximate surface area is 158 Å². The minimum Gasteiger partial charge on any atom is -0.360 e. The van der Waals surface area contributed by atoms with E-state index in [4.69, 9.17) is 0 Å². The van der Waals surface area contributed by atoms with Crippen LogP contribution < -0.4 is 15.5 Å². The van der Waals surface area contributed by atoms with E-state index in [2.05, 4.69) is 15.5 Å². The molecule has 26 heavy (non-hydrogen) atoms. The van der Waals surface area contributed by atoms with E-state index < -0.39 is 0 Å². The first-order valence-electron chi connectivity index (χ1n) is 8.72. The van der Waals surface area contributed by atoms with Crippen LogP contribution in [0.2, 0.25) is 0 Å². The lowest BCUT2D eigenvalue weighted by Crippen LogP contribution is -2.47. The summed E-state index contributed by atoms with van der Waals surface area (Å²) in [6.45, 7) is 4.30. The van der Waals surface area contributed by atoms with Crippen molar-refractivity contribution in [3.8, 4) is 0 Å². The van der Waals surface area contributed by atoms with Crippen LogP contribution in [-0.4, -0.2) is 36.7 Å². The number of thioether (sulfide) groups is 1. The van der Waals surface area contributed by atoms with Crippen LogP contribution in [0.25, 0.3) is 0 Å². The van der Waals surface area contributed by atoms with Gasteiger partial charge < -0.3 is 15.5 Å². The molecule has 0 spiro atoms. The number of benzene rings is 2. The first kappa shape index (κ1) is 18.3. The lowest BCUT2D eigenvalue weighted by Gasteiger charge is -2.28. The van der Waals surface area contributed by atoms with Gasteiger partial charge in [0, 0.05) is 30.2 Å². The summed E-state index contributed by atoms with van der Waals surface area (Å²) >= 11 is 1.55. The Morgan fingerprint density at radius 2 is 1.92 bits per heavy atom. The number of piperazine rings is 1. The molecule has 0 saturated carbocycles. The van der Waals surface area contributed by atoms with Gasteiger partial charge in [0.25, 0.3) is 0 Å². The fraction of sp³-hybridized carbons (Fsp3) is 0.300. The Hall–Kier alpha value is -2.47. The average Bonchev–Trinajstić information content (AvgIpc) is 2.67. The number of carbonyl (C=O) groups excluding carboxylic acids is 2. The molecule has 1 aliphatic heterocycles. The van der Waals surface area contributed by atoms with Gasteiger partial charge in [-0.3, -0.25) is 9.59 Å². The highest BCUT2D eigenvalue weighted by molar-refractivity contribution is 8.00. The molecule has 1 unspecified atom stereocenters. The van der Waals surface area contributed by atoms with Crippen LogP contribution in [0.15, 0.2) is 59.5 Å². The first-order chi connectivity index (χ1) is 12.6. The minimum atomic E-state index is -0.150. The van der Waals surface area contributed by atoms with Gasteiger partial charge in [-0.15, -0.1) is 11.8 Å². The van der Waals surface area contributed by atoms with Gasteiger partial charge in [0.1, 0.15) is 0 Å². The fourth-order valence-electron chi connectivity index (χ4n) is 2.77. The van der Waals surface area contributed by atoms with Gasteiger partial charge in [-0.1, -0.05) is 30.3 Å². The van der Waals surface area contributed by atoms with Crippen molar-refractivity contribution >= 4 is 29.3 Å². The van der Waals surface area contributed by atoms with Crippen molar-refractivity contribution in [2.24, 2.45) is 0 Å². The lowest BCUT2D eigenvalue weighted by atomic mass is 10.2. The van der Waals surface area contributed by atoms with Crippen LogP contribution >= 0.6 is 11.8 Å². The van der Waals surface area contributed by atoms with E-state index in [-0.39, 0.29) is 17.1 Å². The molecule has 5 nitrogen and oxygen atoms in total. The van der Waals surface area contributed by atoms with Crippen molar-refractivity contribution in [2.75, 3.05) is 24.5 Å². The second kappa shape index (κ2) is 8.76. The zero-order valence-corrected chi connectivity index (χ0v) is 15.6. The van der Waals surface area contributed by atoms with Gasteiger partial charge in [0.15, 0.2) is 0 Å². The summed E-state index contributed by atoms with van der Waals surface area (Å²) in [5.74, 6) is 0.0770. The number of carbonyl (C=O) groups is 2. The normalized spacial score (nSPS) is 15.3. The zero-order valence-electron chi connectivity index (χ0n) is 14.8. The van der Waals surface area contributed by atoms with Crippen molar-refractivity contribution in [3.05, 3.63) is 60.2 Å². The lowest BCUT2D eigenvalue weighted by molar-refractivity contribution is -0.121. The van der Waals surface area contributed by atoms with Crippen LogP contribution in [0, 0.1) is 0 Å². The van der Waals surface area contributed by atoms with E-state index in [1.165, 1.54) is 0 Å². The molecule has 2 aromatic rings. The molecule has 1 atom stereocenters. The summed E-state index contributed by atoms with van der Waals surface area (Å²) in [7, 11) is 0. The maximum atomic E-state index is 12.3. The van der Waals surface area contributed by atoms with Crippen LogP contribution in [0.5, 0.6) is 0 Å². The maximum absolute atomic E-state index is 12.3. The van der Waals surface area contributed by atoms with Crippen LogP contribution in [0.4, 0.5) is 5.69 Å². The highest BCUT2D eigenvalue weighted by atomic mass is 32.2. The van der Waals surface area contributed by atoms with Gasteiger partial charge in [-0.25, -0.2) is 0 Å². The third kappa shape index (κ3) is 5.02. The van der Waals surface area contributed by atoms with Gasteiger partial charge in [-0.2, -0.15) is 0 Å². The Morgan fingerprint density at radius 1 is 1.19 bits per heavy atom. The van der Waals surface area contributed by atoms with Crippen molar-refractivity contribution in [1.29, 1.82) is 0 Å². The molecule has 136 valence electrons. The number of hydrogen-bond donors (Lipinski definition) is 2. The summed E-state index contributed by atoms with van der Waals surface area (Å²) in [6, 6.07) is 17.9. The zero-order chi connectivity index (χ0) is 18.4. The van der Waals surface area contributed by atoms with E-state index in [0.29, 0.717) is 19.6 Å². The van der Waals surface area contributed by atoms with E-state index >= 15 is 0 Å². The molecule has 2 N–H and O–H groups in total. The number of hydrogen-bond acceptors (Lipinski definition) is 4. The predicted molar refractivity (Wildman–Crippen MR) is 105 cm³/mol. The third-order valence-corrected chi connectivity index (χ3v) is 5.34. The van der Waals surface area contributed by atoms with Gasteiger partial charge >= 0.3 is 0 Å². The Bertz CT molecular complexity index is 749. The summed E-state index contributed by atoms with van der Waals surface area (Å²) in [5, 5.41) is 5.66. The maximum Gasteiger partial charge on any atom is 0.239 e. The number of rotatable bonds is 6. The molecule has 0 bridgehead atoms. The highest BCUT2D eigenvalue weighted by Gasteiger charge is 2.17. The van der Waals surface area contributed by atoms with Crippen LogP contribution in [0.1, 0.15) is 12.5 Å². The minimum absolute atomic E-state index is 0.0237. The second-order valence-electron chi connectivity index (χ2n) is 6.23. The molecule has 0 aliphatic carbocycles. The van der Waals surface area contributed by atoms with E-state index in [1.807, 2.05) is 61.5 Å². The van der Waals surface area contributed by atoms with E-state index in [0.717, 1.165) is 22.7 Å². The van der Waals surface area contributed by atoms with Crippen molar-refractivity contribution in [1.82, 2.24) is 10.6 Å². The molecule has 1 aliphatic rings. The Morgan fingerprint density at radius 3 is 2.62 bits per heavy atom. The van der Waals surface area contributed by atoms with Crippen molar-refractivity contribution in [2.45, 2.75) is 23.6 Å². The Kier molecular flexibility index (Phi) is 6.17. The number of amides is 2. The second-order valence-corrected chi connectivity index (χ2v) is 7.64. The average molecular weight is 369 g/mol. The Balaban J connectivity index is 1.49. The summed E-state index contributed by atoms with van der Waals surface area (Å²) in [6.07, 6.45) is 0. The molecule has 2 amide bonds. The summed E-state index contributed by atoms with van der Waals surface area (Å²) < 4.78 is 0. The predicted octanol–water partition coefficient (Wildman–Crippen LogP) is 2.42. The monoisotopic (exact) mass is 369 g/mol. The van der Waals surface area contributed by atoms with Crippen molar-refractivity contribution < 1.29 is 9.59 Å². The van der Waals surface area contributed by atoms with Gasteiger partial charge in [-0.05, 0) is 36.8 Å². The molecular formula is C20H23N3O2S. The molecule has 3 rings (SSSR count). The standard InChI is InChI=1S/C20H23N3O2S/c1-15(26-18-5-3-2-4-6-18)20(25)22-13-16-7-9-17(10-8-16)23-12-11-21-19(24)14-23/h2-10,15H,11-14H2,1H3,(H,21,24)(H,22,25). The fourth-order valence-corrected chi connectivity index (χ4v) is 3.69. The molecule has 1 heterocycles. The topological polar surface area (TPSA) is 61.4 Å². The molecule has 0 aromatic heterocycles. The molecule has 6 heteroatoms. The molecular weight excluding hydrogens is 346 g/mol. The molecule has 2 aromatic carbocycles. The van der Waals surface area contributed by atoms with Gasteiger partial charge in [0.2, 0.25) is 11.8 Å². The largest absolute Gasteiger partial charge is 0.360 e. The first-order valence-corrected chi connectivity index (χ1v) is 9.60.